The molecule has 206 valence electrons. The van der Waals surface area contributed by atoms with Gasteiger partial charge in [0.2, 0.25) is 0 Å². The molecule has 0 saturated carbocycles. The van der Waals surface area contributed by atoms with Gasteiger partial charge in [-0.1, -0.05) is 90.5 Å². The van der Waals surface area contributed by atoms with Crippen LogP contribution in [0.2, 0.25) is 0 Å². The first-order valence-corrected chi connectivity index (χ1v) is 15.1. The Morgan fingerprint density at radius 1 is 0.432 bits per heavy atom. The summed E-state index contributed by atoms with van der Waals surface area (Å²) in [6.07, 6.45) is 0.835. The minimum Gasteiger partial charge on any atom is -0.292 e. The number of benzene rings is 6. The number of aromatic nitrogens is 4. The summed E-state index contributed by atoms with van der Waals surface area (Å²) >= 11 is 0. The maximum absolute atomic E-state index is 5.09. The second-order valence-corrected chi connectivity index (χ2v) is 12.0. The largest absolute Gasteiger partial charge is 0.292 e. The van der Waals surface area contributed by atoms with Crippen LogP contribution in [0.3, 0.4) is 0 Å². The molecule has 0 amide bonds. The van der Waals surface area contributed by atoms with Crippen molar-refractivity contribution >= 4 is 76.7 Å². The van der Waals surface area contributed by atoms with Crippen LogP contribution in [0, 0.1) is 6.92 Å². The molecular formula is C40H26N4. The predicted molar refractivity (Wildman–Crippen MR) is 183 cm³/mol. The topological polar surface area (TPSA) is 34.6 Å². The van der Waals surface area contributed by atoms with Crippen molar-refractivity contribution < 1.29 is 0 Å². The molecule has 0 bridgehead atoms. The van der Waals surface area contributed by atoms with Gasteiger partial charge < -0.3 is 0 Å². The van der Waals surface area contributed by atoms with E-state index in [1.807, 2.05) is 0 Å². The molecule has 0 aliphatic rings. The molecule has 0 spiro atoms. The van der Waals surface area contributed by atoms with Crippen LogP contribution in [0.5, 0.6) is 0 Å². The minimum absolute atomic E-state index is 0.835. The van der Waals surface area contributed by atoms with Gasteiger partial charge in [0.15, 0.2) is 0 Å². The Bertz CT molecular complexity index is 2820. The first-order valence-electron chi connectivity index (χ1n) is 15.1. The highest BCUT2D eigenvalue weighted by Gasteiger charge is 2.16. The average Bonchev–Trinajstić information content (AvgIpc) is 3.65. The number of fused-ring (bicyclic) bond motifs is 16. The number of rotatable bonds is 2. The zero-order chi connectivity index (χ0) is 28.9. The lowest BCUT2D eigenvalue weighted by Crippen LogP contribution is -1.96. The Morgan fingerprint density at radius 2 is 1.02 bits per heavy atom. The Kier molecular flexibility index (Phi) is 4.67. The van der Waals surface area contributed by atoms with Crippen molar-refractivity contribution in [1.29, 1.82) is 0 Å². The highest BCUT2D eigenvalue weighted by molar-refractivity contribution is 6.15. The summed E-state index contributed by atoms with van der Waals surface area (Å²) in [6.45, 7) is 2.17. The fourth-order valence-corrected chi connectivity index (χ4v) is 7.33. The summed E-state index contributed by atoms with van der Waals surface area (Å²) in [5, 5.41) is 7.35. The highest BCUT2D eigenvalue weighted by Crippen LogP contribution is 2.35. The third-order valence-corrected chi connectivity index (χ3v) is 9.30. The summed E-state index contributed by atoms with van der Waals surface area (Å²) in [6, 6.07) is 46.1. The first-order chi connectivity index (χ1) is 21.7. The highest BCUT2D eigenvalue weighted by atomic mass is 15.0. The summed E-state index contributed by atoms with van der Waals surface area (Å²) in [7, 11) is 0. The number of pyridine rings is 2. The van der Waals surface area contributed by atoms with Crippen LogP contribution in [0.4, 0.5) is 0 Å². The smallest absolute Gasteiger partial charge is 0.146 e. The molecule has 6 aromatic carbocycles. The molecule has 0 N–H and O–H groups in total. The summed E-state index contributed by atoms with van der Waals surface area (Å²) < 4.78 is 4.66. The van der Waals surface area contributed by atoms with Crippen LogP contribution in [0.1, 0.15) is 16.7 Å². The van der Waals surface area contributed by atoms with E-state index in [9.17, 15) is 0 Å². The van der Waals surface area contributed by atoms with Crippen molar-refractivity contribution in [1.82, 2.24) is 18.8 Å². The molecule has 0 fully saturated rings. The molecule has 0 aliphatic carbocycles. The fourth-order valence-electron chi connectivity index (χ4n) is 7.33. The van der Waals surface area contributed by atoms with Gasteiger partial charge in [-0.05, 0) is 77.7 Å². The molecule has 10 rings (SSSR count). The lowest BCUT2D eigenvalue weighted by molar-refractivity contribution is 1.20. The van der Waals surface area contributed by atoms with Gasteiger partial charge in [-0.25, -0.2) is 9.97 Å². The molecule has 0 saturated heterocycles. The predicted octanol–water partition coefficient (Wildman–Crippen LogP) is 9.80. The molecule has 0 radical (unpaired) electrons. The summed E-state index contributed by atoms with van der Waals surface area (Å²) in [4.78, 5) is 10.2. The van der Waals surface area contributed by atoms with Crippen molar-refractivity contribution in [3.8, 4) is 0 Å². The number of hydrogen-bond acceptors (Lipinski definition) is 2. The molecule has 4 heterocycles. The zero-order valence-corrected chi connectivity index (χ0v) is 24.1. The third-order valence-electron chi connectivity index (χ3n) is 9.30. The van der Waals surface area contributed by atoms with Gasteiger partial charge in [-0.3, -0.25) is 8.80 Å². The average molecular weight is 563 g/mol. The van der Waals surface area contributed by atoms with Crippen LogP contribution in [-0.4, -0.2) is 18.8 Å². The molecule has 0 unspecified atom stereocenters. The molecular weight excluding hydrogens is 536 g/mol. The van der Waals surface area contributed by atoms with Gasteiger partial charge >= 0.3 is 0 Å². The van der Waals surface area contributed by atoms with E-state index in [1.54, 1.807) is 0 Å². The fraction of sp³-hybridized carbons (Fsp3) is 0.0500. The van der Waals surface area contributed by atoms with Crippen molar-refractivity contribution in [2.24, 2.45) is 0 Å². The SMILES string of the molecule is Cc1ccc2c(c1)c1cc(Cc3ccc4c5ccccc5c5nc6ccccc6n5c4c3)ccc1c1nc3ccccc3n21. The van der Waals surface area contributed by atoms with Crippen molar-refractivity contribution in [2.45, 2.75) is 13.3 Å². The van der Waals surface area contributed by atoms with Crippen LogP contribution in [0.15, 0.2) is 127 Å². The first kappa shape index (κ1) is 23.8. The van der Waals surface area contributed by atoms with E-state index in [1.165, 1.54) is 60.0 Å². The minimum atomic E-state index is 0.835. The maximum Gasteiger partial charge on any atom is 0.146 e. The van der Waals surface area contributed by atoms with E-state index in [0.29, 0.717) is 0 Å². The number of para-hydroxylation sites is 4. The van der Waals surface area contributed by atoms with E-state index in [4.69, 9.17) is 9.97 Å². The zero-order valence-electron chi connectivity index (χ0n) is 24.1. The molecule has 0 aliphatic heterocycles. The monoisotopic (exact) mass is 562 g/mol. The number of imidazole rings is 2. The normalized spacial score (nSPS) is 12.3. The Morgan fingerprint density at radius 3 is 1.77 bits per heavy atom. The van der Waals surface area contributed by atoms with Crippen molar-refractivity contribution in [3.05, 3.63) is 144 Å². The van der Waals surface area contributed by atoms with E-state index < -0.39 is 0 Å². The maximum atomic E-state index is 5.09. The van der Waals surface area contributed by atoms with Gasteiger partial charge in [-0.15, -0.1) is 0 Å². The van der Waals surface area contributed by atoms with Gasteiger partial charge in [-0.2, -0.15) is 0 Å². The molecule has 44 heavy (non-hydrogen) atoms. The van der Waals surface area contributed by atoms with Gasteiger partial charge in [0.1, 0.15) is 11.3 Å². The number of nitrogens with zero attached hydrogens (tertiary/aromatic N) is 4. The quantitative estimate of drug-likeness (QED) is 0.197. The molecule has 10 aromatic rings. The molecule has 4 aromatic heterocycles. The Hall–Kier alpha value is -5.74. The molecule has 4 nitrogen and oxygen atoms in total. The second-order valence-electron chi connectivity index (χ2n) is 12.0. The van der Waals surface area contributed by atoms with E-state index in [2.05, 4.69) is 143 Å². The number of hydrogen-bond donors (Lipinski definition) is 0. The van der Waals surface area contributed by atoms with E-state index in [0.717, 1.165) is 39.8 Å². The Balaban J connectivity index is 1.20. The Labute approximate surface area is 252 Å². The van der Waals surface area contributed by atoms with Gasteiger partial charge in [0, 0.05) is 21.5 Å². The van der Waals surface area contributed by atoms with Gasteiger partial charge in [0.25, 0.3) is 0 Å². The second kappa shape index (κ2) is 8.65. The molecule has 0 atom stereocenters. The third kappa shape index (κ3) is 3.22. The standard InChI is InChI=1S/C40H26N4/c1-24-14-19-35-32(20-24)31-22-25(16-18-30(31)40-42-33-10-4-6-12-36(33)43(35)40)21-26-15-17-28-27-8-2-3-9-29(27)39-41-34-11-5-7-13-37(34)44(39)38(28)23-26/h2-20,22-23H,21H2,1H3. The van der Waals surface area contributed by atoms with Crippen LogP contribution < -0.4 is 0 Å². The van der Waals surface area contributed by atoms with E-state index in [-0.39, 0.29) is 0 Å². The van der Waals surface area contributed by atoms with Crippen molar-refractivity contribution in [3.63, 3.8) is 0 Å². The van der Waals surface area contributed by atoms with Crippen LogP contribution in [-0.2, 0) is 6.42 Å². The van der Waals surface area contributed by atoms with Crippen LogP contribution in [0.25, 0.3) is 76.7 Å². The van der Waals surface area contributed by atoms with Crippen molar-refractivity contribution in [2.75, 3.05) is 0 Å². The number of aryl methyl sites for hydroxylation is 1. The molecule has 4 heteroatoms. The van der Waals surface area contributed by atoms with Crippen LogP contribution >= 0.6 is 0 Å². The summed E-state index contributed by atoms with van der Waals surface area (Å²) in [5.41, 5.74) is 12.5. The van der Waals surface area contributed by atoms with Gasteiger partial charge in [0.05, 0.1) is 33.1 Å². The summed E-state index contributed by atoms with van der Waals surface area (Å²) in [5.74, 6) is 0. The lowest BCUT2D eigenvalue weighted by Gasteiger charge is -2.13. The van der Waals surface area contributed by atoms with E-state index >= 15 is 0 Å². The lowest BCUT2D eigenvalue weighted by atomic mass is 9.97.